The molecule has 4 aliphatic rings. The van der Waals surface area contributed by atoms with Crippen LogP contribution in [0.4, 0.5) is 0 Å². The number of carboxylic acid groups (broad SMARTS) is 1. The molecule has 21 heavy (non-hydrogen) atoms. The normalized spacial score (nSPS) is 38.3. The molecule has 4 bridgehead atoms. The minimum Gasteiger partial charge on any atom is -0.481 e. The first kappa shape index (κ1) is 14.9. The van der Waals surface area contributed by atoms with Crippen LogP contribution in [0.3, 0.4) is 0 Å². The van der Waals surface area contributed by atoms with Crippen LogP contribution in [-0.4, -0.2) is 34.5 Å². The zero-order chi connectivity index (χ0) is 15.1. The van der Waals surface area contributed by atoms with Gasteiger partial charge >= 0.3 is 5.97 Å². The zero-order valence-electron chi connectivity index (χ0n) is 13.1. The van der Waals surface area contributed by atoms with Gasteiger partial charge in [0.15, 0.2) is 0 Å². The molecule has 0 aliphatic heterocycles. The number of carboxylic acids is 1. The number of aliphatic carboxylic acids is 1. The molecule has 4 nitrogen and oxygen atoms in total. The Hall–Kier alpha value is -1.06. The Morgan fingerprint density at radius 3 is 2.05 bits per heavy atom. The molecule has 0 heterocycles. The second kappa shape index (κ2) is 5.62. The summed E-state index contributed by atoms with van der Waals surface area (Å²) in [6.07, 6.45) is 6.36. The molecule has 0 aromatic heterocycles. The Morgan fingerprint density at radius 1 is 1.10 bits per heavy atom. The summed E-state index contributed by atoms with van der Waals surface area (Å²) in [5.74, 6) is 2.46. The lowest BCUT2D eigenvalue weighted by Gasteiger charge is -2.54. The van der Waals surface area contributed by atoms with Crippen molar-refractivity contribution in [3.8, 4) is 0 Å². The third-order valence-electron chi connectivity index (χ3n) is 6.14. The van der Waals surface area contributed by atoms with E-state index in [1.165, 1.54) is 32.1 Å². The molecule has 0 aromatic carbocycles. The number of amides is 1. The summed E-state index contributed by atoms with van der Waals surface area (Å²) in [5, 5.41) is 8.98. The van der Waals surface area contributed by atoms with Crippen LogP contribution in [0.15, 0.2) is 0 Å². The highest BCUT2D eigenvalue weighted by Gasteiger charge is 2.51. The third-order valence-corrected chi connectivity index (χ3v) is 6.14. The monoisotopic (exact) mass is 293 g/mol. The lowest BCUT2D eigenvalue weighted by Crippen LogP contribution is -2.53. The second-order valence-corrected chi connectivity index (χ2v) is 7.53. The van der Waals surface area contributed by atoms with Crippen LogP contribution in [0.5, 0.6) is 0 Å². The van der Waals surface area contributed by atoms with Crippen molar-refractivity contribution in [1.82, 2.24) is 4.90 Å². The van der Waals surface area contributed by atoms with Gasteiger partial charge in [-0.15, -0.1) is 0 Å². The summed E-state index contributed by atoms with van der Waals surface area (Å²) < 4.78 is 0. The molecule has 0 saturated heterocycles. The molecule has 1 N–H and O–H groups in total. The van der Waals surface area contributed by atoms with E-state index in [0.717, 1.165) is 11.8 Å². The summed E-state index contributed by atoms with van der Waals surface area (Å²) in [5.41, 5.74) is 0. The minimum absolute atomic E-state index is 0.0485. The lowest BCUT2D eigenvalue weighted by molar-refractivity contribution is -0.152. The van der Waals surface area contributed by atoms with E-state index in [-0.39, 0.29) is 24.3 Å². The molecular weight excluding hydrogens is 266 g/mol. The van der Waals surface area contributed by atoms with Gasteiger partial charge in [-0.3, -0.25) is 9.59 Å². The Bertz CT molecular complexity index is 406. The molecule has 1 unspecified atom stereocenters. The summed E-state index contributed by atoms with van der Waals surface area (Å²) in [7, 11) is 0. The van der Waals surface area contributed by atoms with Gasteiger partial charge in [-0.25, -0.2) is 0 Å². The van der Waals surface area contributed by atoms with Gasteiger partial charge in [0.25, 0.3) is 0 Å². The van der Waals surface area contributed by atoms with E-state index in [2.05, 4.69) is 0 Å². The van der Waals surface area contributed by atoms with E-state index in [9.17, 15) is 9.59 Å². The van der Waals surface area contributed by atoms with Gasteiger partial charge in [-0.2, -0.15) is 0 Å². The molecule has 4 aliphatic carbocycles. The standard InChI is InChI=1S/C17H27NO3/c1-3-18(10(2)4-15(19)20)17(21)16-13-6-11-5-12(8-13)9-14(16)7-11/h10-14,16H,3-9H2,1-2H3,(H,19,20). The molecule has 4 rings (SSSR count). The van der Waals surface area contributed by atoms with E-state index in [0.29, 0.717) is 18.4 Å². The molecule has 4 heteroatoms. The highest BCUT2D eigenvalue weighted by atomic mass is 16.4. The largest absolute Gasteiger partial charge is 0.481 e. The van der Waals surface area contributed by atoms with Crippen LogP contribution >= 0.6 is 0 Å². The highest BCUT2D eigenvalue weighted by molar-refractivity contribution is 5.81. The molecule has 4 saturated carbocycles. The van der Waals surface area contributed by atoms with Crippen LogP contribution in [0, 0.1) is 29.6 Å². The first-order chi connectivity index (χ1) is 9.99. The van der Waals surface area contributed by atoms with Gasteiger partial charge in [0.1, 0.15) is 0 Å². The van der Waals surface area contributed by atoms with Crippen molar-refractivity contribution in [3.05, 3.63) is 0 Å². The van der Waals surface area contributed by atoms with Gasteiger partial charge in [0.05, 0.1) is 6.42 Å². The number of nitrogens with zero attached hydrogens (tertiary/aromatic N) is 1. The van der Waals surface area contributed by atoms with Crippen LogP contribution < -0.4 is 0 Å². The van der Waals surface area contributed by atoms with E-state index < -0.39 is 5.97 Å². The summed E-state index contributed by atoms with van der Waals surface area (Å²) >= 11 is 0. The van der Waals surface area contributed by atoms with Gasteiger partial charge < -0.3 is 10.0 Å². The van der Waals surface area contributed by atoms with Crippen molar-refractivity contribution in [1.29, 1.82) is 0 Å². The van der Waals surface area contributed by atoms with E-state index >= 15 is 0 Å². The van der Waals surface area contributed by atoms with E-state index in [4.69, 9.17) is 5.11 Å². The molecule has 4 fully saturated rings. The summed E-state index contributed by atoms with van der Waals surface area (Å²) in [4.78, 5) is 25.8. The van der Waals surface area contributed by atoms with Crippen molar-refractivity contribution < 1.29 is 14.7 Å². The van der Waals surface area contributed by atoms with Crippen molar-refractivity contribution in [2.24, 2.45) is 29.6 Å². The van der Waals surface area contributed by atoms with Gasteiger partial charge in [-0.05, 0) is 69.6 Å². The molecule has 118 valence electrons. The maximum absolute atomic E-state index is 13.0. The highest BCUT2D eigenvalue weighted by Crippen LogP contribution is 2.56. The van der Waals surface area contributed by atoms with Crippen LogP contribution in [-0.2, 0) is 9.59 Å². The SMILES string of the molecule is CCN(C(=O)C1C2CC3CC(C2)CC1C3)C(C)CC(=O)O. The number of hydrogen-bond donors (Lipinski definition) is 1. The average Bonchev–Trinajstić information content (AvgIpc) is 2.37. The van der Waals surface area contributed by atoms with Crippen LogP contribution in [0.25, 0.3) is 0 Å². The van der Waals surface area contributed by atoms with Gasteiger partial charge in [0.2, 0.25) is 5.91 Å². The third kappa shape index (κ3) is 2.69. The fourth-order valence-corrected chi connectivity index (χ4v) is 5.57. The second-order valence-electron chi connectivity index (χ2n) is 7.53. The predicted molar refractivity (Wildman–Crippen MR) is 79.6 cm³/mol. The molecule has 1 atom stereocenters. The molecular formula is C17H27NO3. The van der Waals surface area contributed by atoms with Gasteiger partial charge in [-0.1, -0.05) is 0 Å². The van der Waals surface area contributed by atoms with E-state index in [1.807, 2.05) is 18.7 Å². The number of carbonyl (C=O) groups is 2. The first-order valence-corrected chi connectivity index (χ1v) is 8.51. The average molecular weight is 293 g/mol. The topological polar surface area (TPSA) is 57.6 Å². The number of hydrogen-bond acceptors (Lipinski definition) is 2. The molecule has 0 aromatic rings. The Labute approximate surface area is 126 Å². The van der Waals surface area contributed by atoms with Crippen molar-refractivity contribution in [2.75, 3.05) is 6.54 Å². The Balaban J connectivity index is 1.73. The molecule has 0 radical (unpaired) electrons. The van der Waals surface area contributed by atoms with E-state index in [1.54, 1.807) is 0 Å². The fraction of sp³-hybridized carbons (Fsp3) is 0.882. The zero-order valence-corrected chi connectivity index (χ0v) is 13.1. The smallest absolute Gasteiger partial charge is 0.305 e. The maximum Gasteiger partial charge on any atom is 0.305 e. The summed E-state index contributed by atoms with van der Waals surface area (Å²) in [6.45, 7) is 4.45. The lowest BCUT2D eigenvalue weighted by atomic mass is 9.51. The Kier molecular flexibility index (Phi) is 3.98. The summed E-state index contributed by atoms with van der Waals surface area (Å²) in [6, 6.07) is -0.197. The van der Waals surface area contributed by atoms with Crippen molar-refractivity contribution >= 4 is 11.9 Å². The number of rotatable bonds is 5. The van der Waals surface area contributed by atoms with Crippen LogP contribution in [0.1, 0.15) is 52.4 Å². The van der Waals surface area contributed by atoms with Gasteiger partial charge in [0, 0.05) is 18.5 Å². The molecule has 1 amide bonds. The molecule has 0 spiro atoms. The van der Waals surface area contributed by atoms with Crippen molar-refractivity contribution in [3.63, 3.8) is 0 Å². The fourth-order valence-electron chi connectivity index (χ4n) is 5.57. The maximum atomic E-state index is 13.0. The Morgan fingerprint density at radius 2 is 1.62 bits per heavy atom. The predicted octanol–water partition coefficient (Wildman–Crippen LogP) is 2.77. The minimum atomic E-state index is -0.821. The first-order valence-electron chi connectivity index (χ1n) is 8.51. The van der Waals surface area contributed by atoms with Crippen LogP contribution in [0.2, 0.25) is 0 Å². The quantitative estimate of drug-likeness (QED) is 0.848. The van der Waals surface area contributed by atoms with Crippen molar-refractivity contribution in [2.45, 2.75) is 58.4 Å². The number of carbonyl (C=O) groups excluding carboxylic acids is 1.